The zero-order chi connectivity index (χ0) is 14.4. The Bertz CT molecular complexity index is 394. The fourth-order valence-electron chi connectivity index (χ4n) is 2.40. The van der Waals surface area contributed by atoms with Crippen molar-refractivity contribution < 1.29 is 4.74 Å². The number of methoxy groups -OCH3 is 1. The number of nitrogens with zero attached hydrogens (tertiary/aromatic N) is 4. The molecule has 0 amide bonds. The van der Waals surface area contributed by atoms with Crippen LogP contribution in [0.1, 0.15) is 19.7 Å². The topological polar surface area (TPSA) is 53.5 Å². The molecule has 1 aliphatic rings. The van der Waals surface area contributed by atoms with Gasteiger partial charge in [0.25, 0.3) is 0 Å². The number of hydrogen-bond donors (Lipinski definition) is 1. The number of aromatic nitrogens is 2. The van der Waals surface area contributed by atoms with E-state index in [1.54, 1.807) is 7.11 Å². The second-order valence-corrected chi connectivity index (χ2v) is 4.91. The summed E-state index contributed by atoms with van der Waals surface area (Å²) in [4.78, 5) is 13.9. The zero-order valence-corrected chi connectivity index (χ0v) is 12.7. The van der Waals surface area contributed by atoms with E-state index in [4.69, 9.17) is 4.74 Å². The fraction of sp³-hybridized carbons (Fsp3) is 0.714. The number of nitrogens with one attached hydrogen (secondary N) is 1. The highest BCUT2D eigenvalue weighted by molar-refractivity contribution is 5.49. The van der Waals surface area contributed by atoms with Gasteiger partial charge in [0.1, 0.15) is 18.2 Å². The van der Waals surface area contributed by atoms with Crippen molar-refractivity contribution in [1.29, 1.82) is 0 Å². The second-order valence-electron chi connectivity index (χ2n) is 4.91. The van der Waals surface area contributed by atoms with Gasteiger partial charge in [0.2, 0.25) is 0 Å². The summed E-state index contributed by atoms with van der Waals surface area (Å²) in [5.74, 6) is 2.61. The smallest absolute Gasteiger partial charge is 0.158 e. The van der Waals surface area contributed by atoms with E-state index in [2.05, 4.69) is 38.9 Å². The van der Waals surface area contributed by atoms with E-state index >= 15 is 0 Å². The van der Waals surface area contributed by atoms with Gasteiger partial charge in [-0.3, -0.25) is 0 Å². The molecule has 1 fully saturated rings. The van der Waals surface area contributed by atoms with Gasteiger partial charge in [-0.2, -0.15) is 0 Å². The van der Waals surface area contributed by atoms with Gasteiger partial charge < -0.3 is 19.9 Å². The van der Waals surface area contributed by atoms with Crippen molar-refractivity contribution in [2.45, 2.75) is 20.5 Å². The van der Waals surface area contributed by atoms with E-state index in [0.717, 1.165) is 56.7 Å². The molecule has 0 unspecified atom stereocenters. The average Bonchev–Trinajstić information content (AvgIpc) is 2.48. The standard InChI is InChI=1S/C14H25N5O/c1-4-15-12-10-14(17-13(16-12)11-20-3)19-8-6-18(5-2)7-9-19/h10H,4-9,11H2,1-3H3,(H,15,16,17). The molecule has 2 heterocycles. The molecule has 0 radical (unpaired) electrons. The predicted molar refractivity (Wildman–Crippen MR) is 81.2 cm³/mol. The van der Waals surface area contributed by atoms with Crippen LogP contribution >= 0.6 is 0 Å². The van der Waals surface area contributed by atoms with Crippen molar-refractivity contribution in [2.24, 2.45) is 0 Å². The highest BCUT2D eigenvalue weighted by atomic mass is 16.5. The lowest BCUT2D eigenvalue weighted by Gasteiger charge is -2.35. The van der Waals surface area contributed by atoms with Crippen LogP contribution in [0.25, 0.3) is 0 Å². The van der Waals surface area contributed by atoms with Crippen LogP contribution in [0, 0.1) is 0 Å². The summed E-state index contributed by atoms with van der Waals surface area (Å²) in [6.07, 6.45) is 0. The summed E-state index contributed by atoms with van der Waals surface area (Å²) >= 11 is 0. The maximum atomic E-state index is 5.16. The molecule has 112 valence electrons. The summed E-state index contributed by atoms with van der Waals surface area (Å²) in [6.45, 7) is 10.9. The minimum atomic E-state index is 0.446. The van der Waals surface area contributed by atoms with Crippen molar-refractivity contribution >= 4 is 11.6 Å². The lowest BCUT2D eigenvalue weighted by atomic mass is 10.3. The van der Waals surface area contributed by atoms with Crippen LogP contribution in [0.2, 0.25) is 0 Å². The van der Waals surface area contributed by atoms with E-state index in [-0.39, 0.29) is 0 Å². The van der Waals surface area contributed by atoms with E-state index in [1.807, 2.05) is 6.07 Å². The molecule has 6 heteroatoms. The molecular weight excluding hydrogens is 254 g/mol. The van der Waals surface area contributed by atoms with Crippen molar-refractivity contribution in [3.8, 4) is 0 Å². The molecule has 1 aliphatic heterocycles. The van der Waals surface area contributed by atoms with Crippen molar-refractivity contribution in [3.05, 3.63) is 11.9 Å². The Balaban J connectivity index is 2.13. The average molecular weight is 279 g/mol. The second kappa shape index (κ2) is 7.40. The Hall–Kier alpha value is -1.40. The summed E-state index contributed by atoms with van der Waals surface area (Å²) < 4.78 is 5.16. The van der Waals surface area contributed by atoms with E-state index in [1.165, 1.54) is 0 Å². The van der Waals surface area contributed by atoms with Crippen LogP contribution < -0.4 is 10.2 Å². The van der Waals surface area contributed by atoms with Gasteiger partial charge in [-0.1, -0.05) is 6.92 Å². The van der Waals surface area contributed by atoms with Gasteiger partial charge >= 0.3 is 0 Å². The van der Waals surface area contributed by atoms with Gasteiger partial charge in [-0.15, -0.1) is 0 Å². The van der Waals surface area contributed by atoms with Crippen molar-refractivity contribution in [3.63, 3.8) is 0 Å². The van der Waals surface area contributed by atoms with Crippen molar-refractivity contribution in [2.75, 3.05) is 56.6 Å². The molecule has 0 saturated carbocycles. The van der Waals surface area contributed by atoms with Crippen molar-refractivity contribution in [1.82, 2.24) is 14.9 Å². The molecule has 0 aliphatic carbocycles. The summed E-state index contributed by atoms with van der Waals surface area (Å²) in [6, 6.07) is 2.03. The quantitative estimate of drug-likeness (QED) is 0.844. The van der Waals surface area contributed by atoms with Gasteiger partial charge in [0.05, 0.1) is 0 Å². The van der Waals surface area contributed by atoms with E-state index < -0.39 is 0 Å². The predicted octanol–water partition coefficient (Wildman–Crippen LogP) is 1.20. The lowest BCUT2D eigenvalue weighted by molar-refractivity contribution is 0.178. The van der Waals surface area contributed by atoms with Crippen LogP contribution in [-0.2, 0) is 11.3 Å². The summed E-state index contributed by atoms with van der Waals surface area (Å²) in [5, 5.41) is 3.26. The maximum Gasteiger partial charge on any atom is 0.158 e. The Kier molecular flexibility index (Phi) is 5.55. The molecule has 6 nitrogen and oxygen atoms in total. The molecule has 1 saturated heterocycles. The minimum Gasteiger partial charge on any atom is -0.377 e. The number of anilines is 2. The van der Waals surface area contributed by atoms with Crippen LogP contribution in [0.4, 0.5) is 11.6 Å². The van der Waals surface area contributed by atoms with Crippen LogP contribution in [0.3, 0.4) is 0 Å². The first kappa shape index (κ1) is 15.0. The Morgan fingerprint density at radius 3 is 2.55 bits per heavy atom. The molecule has 2 rings (SSSR count). The lowest BCUT2D eigenvalue weighted by Crippen LogP contribution is -2.46. The maximum absolute atomic E-state index is 5.16. The number of hydrogen-bond acceptors (Lipinski definition) is 6. The molecule has 1 aromatic rings. The number of likely N-dealkylation sites (N-methyl/N-ethyl adjacent to an activating group) is 1. The molecule has 0 atom stereocenters. The monoisotopic (exact) mass is 279 g/mol. The van der Waals surface area contributed by atoms with Gasteiger partial charge in [-0.25, -0.2) is 9.97 Å². The van der Waals surface area contributed by atoms with E-state index in [9.17, 15) is 0 Å². The van der Waals surface area contributed by atoms with E-state index in [0.29, 0.717) is 6.61 Å². The SMILES string of the molecule is CCNc1cc(N2CCN(CC)CC2)nc(COC)n1. The Morgan fingerprint density at radius 1 is 1.20 bits per heavy atom. The Morgan fingerprint density at radius 2 is 1.95 bits per heavy atom. The Labute approximate surface area is 121 Å². The first-order chi connectivity index (χ1) is 9.76. The number of piperazine rings is 1. The molecule has 0 aromatic carbocycles. The van der Waals surface area contributed by atoms with Crippen LogP contribution in [-0.4, -0.2) is 61.2 Å². The van der Waals surface area contributed by atoms with Gasteiger partial charge in [-0.05, 0) is 13.5 Å². The molecule has 1 aromatic heterocycles. The summed E-state index contributed by atoms with van der Waals surface area (Å²) in [5.41, 5.74) is 0. The third-order valence-electron chi connectivity index (χ3n) is 3.53. The van der Waals surface area contributed by atoms with Gasteiger partial charge in [0.15, 0.2) is 5.82 Å². The largest absolute Gasteiger partial charge is 0.377 e. The normalized spacial score (nSPS) is 16.4. The van der Waals surface area contributed by atoms with Gasteiger partial charge in [0, 0.05) is 45.9 Å². The first-order valence-corrected chi connectivity index (χ1v) is 7.34. The molecule has 1 N–H and O–H groups in total. The fourth-order valence-corrected chi connectivity index (χ4v) is 2.40. The molecular formula is C14H25N5O. The minimum absolute atomic E-state index is 0.446. The highest BCUT2D eigenvalue weighted by Gasteiger charge is 2.18. The third-order valence-corrected chi connectivity index (χ3v) is 3.53. The number of rotatable bonds is 6. The molecule has 0 spiro atoms. The highest BCUT2D eigenvalue weighted by Crippen LogP contribution is 2.18. The van der Waals surface area contributed by atoms with Crippen LogP contribution in [0.5, 0.6) is 0 Å². The number of ether oxygens (including phenoxy) is 1. The summed E-state index contributed by atoms with van der Waals surface area (Å²) in [7, 11) is 1.67. The molecule has 20 heavy (non-hydrogen) atoms. The first-order valence-electron chi connectivity index (χ1n) is 7.34. The van der Waals surface area contributed by atoms with Crippen LogP contribution in [0.15, 0.2) is 6.07 Å². The molecule has 0 bridgehead atoms. The third kappa shape index (κ3) is 3.80. The zero-order valence-electron chi connectivity index (χ0n) is 12.7.